The summed E-state index contributed by atoms with van der Waals surface area (Å²) in [6.45, 7) is 2.13. The van der Waals surface area contributed by atoms with E-state index in [2.05, 4.69) is 11.1 Å². The van der Waals surface area contributed by atoms with Gasteiger partial charge in [0, 0.05) is 0 Å². The summed E-state index contributed by atoms with van der Waals surface area (Å²) in [4.78, 5) is 0.213. The van der Waals surface area contributed by atoms with E-state index >= 15 is 0 Å². The highest BCUT2D eigenvalue weighted by molar-refractivity contribution is 7.86. The summed E-state index contributed by atoms with van der Waals surface area (Å²) < 4.78 is 27.0. The molecule has 0 aliphatic carbocycles. The van der Waals surface area contributed by atoms with E-state index in [1.54, 1.807) is 12.1 Å². The fourth-order valence-corrected chi connectivity index (χ4v) is 1.96. The van der Waals surface area contributed by atoms with Gasteiger partial charge in [-0.15, -0.1) is 0 Å². The lowest BCUT2D eigenvalue weighted by Gasteiger charge is -2.03. The number of benzene rings is 1. The standard InChI is InChI=1S/C11H16O3S/c1-3-4-5-10-6-8-11(9-7-10)15(12,13)14-2/h6-9H,3-5H2,1-2H3. The van der Waals surface area contributed by atoms with Gasteiger partial charge in [-0.3, -0.25) is 4.18 Å². The Morgan fingerprint density at radius 3 is 2.27 bits per heavy atom. The average Bonchev–Trinajstić information content (AvgIpc) is 2.27. The second-order valence-corrected chi connectivity index (χ2v) is 5.08. The Morgan fingerprint density at radius 1 is 1.20 bits per heavy atom. The smallest absolute Gasteiger partial charge is 0.270 e. The van der Waals surface area contributed by atoms with Crippen LogP contribution >= 0.6 is 0 Å². The highest BCUT2D eigenvalue weighted by Gasteiger charge is 2.11. The lowest BCUT2D eigenvalue weighted by molar-refractivity contribution is 0.398. The third-order valence-corrected chi connectivity index (χ3v) is 3.54. The average molecular weight is 228 g/mol. The Bertz CT molecular complexity index is 392. The molecule has 1 aromatic carbocycles. The van der Waals surface area contributed by atoms with Crippen molar-refractivity contribution in [1.82, 2.24) is 0 Å². The molecular formula is C11H16O3S. The van der Waals surface area contributed by atoms with Crippen LogP contribution in [-0.4, -0.2) is 15.5 Å². The predicted octanol–water partition coefficient (Wildman–Crippen LogP) is 2.36. The summed E-state index contributed by atoms with van der Waals surface area (Å²) >= 11 is 0. The van der Waals surface area contributed by atoms with Gasteiger partial charge < -0.3 is 0 Å². The molecule has 0 aliphatic heterocycles. The highest BCUT2D eigenvalue weighted by atomic mass is 32.2. The van der Waals surface area contributed by atoms with Gasteiger partial charge in [0.15, 0.2) is 0 Å². The van der Waals surface area contributed by atoms with Crippen LogP contribution in [0.1, 0.15) is 25.3 Å². The molecule has 84 valence electrons. The van der Waals surface area contributed by atoms with Crippen molar-refractivity contribution in [3.63, 3.8) is 0 Å². The van der Waals surface area contributed by atoms with Crippen LogP contribution in [0.5, 0.6) is 0 Å². The van der Waals surface area contributed by atoms with Gasteiger partial charge in [0.1, 0.15) is 0 Å². The molecule has 0 bridgehead atoms. The zero-order valence-electron chi connectivity index (χ0n) is 9.06. The molecule has 0 saturated carbocycles. The van der Waals surface area contributed by atoms with Gasteiger partial charge in [-0.25, -0.2) is 0 Å². The number of hydrogen-bond donors (Lipinski definition) is 0. The normalized spacial score (nSPS) is 11.6. The topological polar surface area (TPSA) is 43.4 Å². The fourth-order valence-electron chi connectivity index (χ4n) is 1.30. The van der Waals surface area contributed by atoms with E-state index in [0.717, 1.165) is 24.8 Å². The summed E-state index contributed by atoms with van der Waals surface area (Å²) in [7, 11) is -2.37. The predicted molar refractivity (Wildman–Crippen MR) is 59.2 cm³/mol. The first-order valence-corrected chi connectivity index (χ1v) is 6.40. The minimum Gasteiger partial charge on any atom is -0.270 e. The van der Waals surface area contributed by atoms with E-state index in [4.69, 9.17) is 0 Å². The van der Waals surface area contributed by atoms with Crippen molar-refractivity contribution in [2.45, 2.75) is 31.1 Å². The molecule has 0 radical (unpaired) electrons. The molecule has 1 rings (SSSR count). The van der Waals surface area contributed by atoms with Crippen LogP contribution < -0.4 is 0 Å². The SMILES string of the molecule is CCCCc1ccc(S(=O)(=O)OC)cc1. The summed E-state index contributed by atoms with van der Waals surface area (Å²) in [5.74, 6) is 0. The Labute approximate surface area is 91.2 Å². The van der Waals surface area contributed by atoms with E-state index in [0.29, 0.717) is 0 Å². The van der Waals surface area contributed by atoms with Crippen LogP contribution in [0.4, 0.5) is 0 Å². The lowest BCUT2D eigenvalue weighted by Crippen LogP contribution is -2.02. The summed E-state index contributed by atoms with van der Waals surface area (Å²) in [6, 6.07) is 6.84. The van der Waals surface area contributed by atoms with Crippen LogP contribution in [0.25, 0.3) is 0 Å². The van der Waals surface area contributed by atoms with Crippen LogP contribution in [0.15, 0.2) is 29.2 Å². The lowest BCUT2D eigenvalue weighted by atomic mass is 10.1. The Kier molecular flexibility index (Phi) is 4.29. The van der Waals surface area contributed by atoms with Crippen LogP contribution in [0.2, 0.25) is 0 Å². The molecule has 0 N–H and O–H groups in total. The molecule has 0 atom stereocenters. The first-order valence-electron chi connectivity index (χ1n) is 4.99. The van der Waals surface area contributed by atoms with Crippen molar-refractivity contribution in [3.8, 4) is 0 Å². The Hall–Kier alpha value is -0.870. The van der Waals surface area contributed by atoms with Gasteiger partial charge in [-0.2, -0.15) is 8.42 Å². The maximum atomic E-state index is 11.3. The molecule has 0 spiro atoms. The molecule has 1 aromatic rings. The molecule has 0 unspecified atom stereocenters. The van der Waals surface area contributed by atoms with E-state index in [-0.39, 0.29) is 4.90 Å². The van der Waals surface area contributed by atoms with Crippen molar-refractivity contribution < 1.29 is 12.6 Å². The fraction of sp³-hybridized carbons (Fsp3) is 0.455. The molecule has 0 amide bonds. The summed E-state index contributed by atoms with van der Waals surface area (Å²) in [5, 5.41) is 0. The van der Waals surface area contributed by atoms with E-state index in [1.165, 1.54) is 7.11 Å². The third kappa shape index (κ3) is 3.32. The molecule has 3 nitrogen and oxygen atoms in total. The molecule has 0 aromatic heterocycles. The van der Waals surface area contributed by atoms with Crippen molar-refractivity contribution in [3.05, 3.63) is 29.8 Å². The first kappa shape index (κ1) is 12.2. The van der Waals surface area contributed by atoms with E-state index in [1.807, 2.05) is 12.1 Å². The molecule has 15 heavy (non-hydrogen) atoms. The van der Waals surface area contributed by atoms with Gasteiger partial charge in [-0.1, -0.05) is 25.5 Å². The second kappa shape index (κ2) is 5.28. The van der Waals surface area contributed by atoms with Gasteiger partial charge in [0.05, 0.1) is 12.0 Å². The number of rotatable bonds is 5. The third-order valence-electron chi connectivity index (χ3n) is 2.25. The second-order valence-electron chi connectivity index (χ2n) is 3.37. The van der Waals surface area contributed by atoms with E-state index in [9.17, 15) is 8.42 Å². The van der Waals surface area contributed by atoms with Gasteiger partial charge in [0.2, 0.25) is 0 Å². The number of aryl methyl sites for hydroxylation is 1. The van der Waals surface area contributed by atoms with E-state index < -0.39 is 10.1 Å². The number of hydrogen-bond acceptors (Lipinski definition) is 3. The Balaban J connectivity index is 2.81. The number of unbranched alkanes of at least 4 members (excludes halogenated alkanes) is 1. The molecule has 0 fully saturated rings. The van der Waals surface area contributed by atoms with Crippen LogP contribution in [-0.2, 0) is 20.7 Å². The summed E-state index contributed by atoms with van der Waals surface area (Å²) in [6.07, 6.45) is 3.25. The maximum absolute atomic E-state index is 11.3. The molecule has 0 heterocycles. The monoisotopic (exact) mass is 228 g/mol. The van der Waals surface area contributed by atoms with Crippen molar-refractivity contribution in [1.29, 1.82) is 0 Å². The largest absolute Gasteiger partial charge is 0.296 e. The van der Waals surface area contributed by atoms with Crippen molar-refractivity contribution >= 4 is 10.1 Å². The van der Waals surface area contributed by atoms with Gasteiger partial charge in [0.25, 0.3) is 10.1 Å². The van der Waals surface area contributed by atoms with Gasteiger partial charge >= 0.3 is 0 Å². The quantitative estimate of drug-likeness (QED) is 0.727. The zero-order valence-corrected chi connectivity index (χ0v) is 9.88. The highest BCUT2D eigenvalue weighted by Crippen LogP contribution is 2.13. The maximum Gasteiger partial charge on any atom is 0.296 e. The summed E-state index contributed by atoms with van der Waals surface area (Å²) in [5.41, 5.74) is 1.16. The minimum atomic E-state index is -3.54. The molecule has 0 aliphatic rings. The zero-order chi connectivity index (χ0) is 11.3. The first-order chi connectivity index (χ1) is 7.10. The molecule has 0 saturated heterocycles. The minimum absolute atomic E-state index is 0.213. The molecular weight excluding hydrogens is 212 g/mol. The van der Waals surface area contributed by atoms with Gasteiger partial charge in [-0.05, 0) is 30.5 Å². The van der Waals surface area contributed by atoms with Crippen molar-refractivity contribution in [2.75, 3.05) is 7.11 Å². The van der Waals surface area contributed by atoms with Crippen LogP contribution in [0, 0.1) is 0 Å². The molecule has 4 heteroatoms. The Morgan fingerprint density at radius 2 is 1.80 bits per heavy atom. The van der Waals surface area contributed by atoms with Crippen LogP contribution in [0.3, 0.4) is 0 Å². The van der Waals surface area contributed by atoms with Crippen molar-refractivity contribution in [2.24, 2.45) is 0 Å².